The van der Waals surface area contributed by atoms with Gasteiger partial charge in [0.1, 0.15) is 5.65 Å². The van der Waals surface area contributed by atoms with Crippen LogP contribution >= 0.6 is 0 Å². The third kappa shape index (κ3) is 2.80. The predicted molar refractivity (Wildman–Crippen MR) is 91.8 cm³/mol. The summed E-state index contributed by atoms with van der Waals surface area (Å²) in [6, 6.07) is 12.6. The van der Waals surface area contributed by atoms with Gasteiger partial charge in [0.15, 0.2) is 0 Å². The minimum Gasteiger partial charge on any atom is -0.307 e. The molecule has 3 aromatic rings. The monoisotopic (exact) mass is 321 g/mol. The lowest BCUT2D eigenvalue weighted by Crippen LogP contribution is -2.29. The fourth-order valence-electron chi connectivity index (χ4n) is 2.61. The van der Waals surface area contributed by atoms with E-state index in [0.717, 1.165) is 5.65 Å². The zero-order valence-electron chi connectivity index (χ0n) is 13.8. The van der Waals surface area contributed by atoms with Gasteiger partial charge in [0.2, 0.25) is 0 Å². The fourth-order valence-corrected chi connectivity index (χ4v) is 2.61. The molecule has 5 nitrogen and oxygen atoms in total. The van der Waals surface area contributed by atoms with Crippen molar-refractivity contribution < 1.29 is 9.59 Å². The molecule has 0 radical (unpaired) electrons. The molecule has 1 aliphatic heterocycles. The number of rotatable bonds is 2. The SMILES string of the molecule is CCC.O=C1c2ccccc2C(=O)N1Cc1cn2ccccc2n1. The molecule has 0 spiro atoms. The van der Waals surface area contributed by atoms with Crippen LogP contribution in [0, 0.1) is 0 Å². The number of aromatic nitrogens is 2. The Hall–Kier alpha value is -2.95. The van der Waals surface area contributed by atoms with Crippen molar-refractivity contribution >= 4 is 17.5 Å². The summed E-state index contributed by atoms with van der Waals surface area (Å²) in [5, 5.41) is 0. The van der Waals surface area contributed by atoms with Gasteiger partial charge in [-0.3, -0.25) is 14.5 Å². The highest BCUT2D eigenvalue weighted by atomic mass is 16.2. The summed E-state index contributed by atoms with van der Waals surface area (Å²) in [6.45, 7) is 4.44. The van der Waals surface area contributed by atoms with E-state index in [2.05, 4.69) is 18.8 Å². The molecule has 122 valence electrons. The molecule has 4 rings (SSSR count). The molecule has 0 unspecified atom stereocenters. The number of fused-ring (bicyclic) bond motifs is 2. The van der Waals surface area contributed by atoms with E-state index in [0.29, 0.717) is 16.8 Å². The van der Waals surface area contributed by atoms with Gasteiger partial charge in [-0.05, 0) is 24.3 Å². The average Bonchev–Trinajstić information content (AvgIpc) is 3.11. The molecule has 0 atom stereocenters. The number of nitrogens with zero attached hydrogens (tertiary/aromatic N) is 3. The number of hydrogen-bond donors (Lipinski definition) is 0. The zero-order chi connectivity index (χ0) is 17.1. The van der Waals surface area contributed by atoms with E-state index >= 15 is 0 Å². The normalized spacial score (nSPS) is 13.0. The standard InChI is InChI=1S/C16H11N3O2.C3H8/c20-15-12-5-1-2-6-13(12)16(21)19(15)10-11-9-18-8-4-3-7-14(18)17-11;1-3-2/h1-9H,10H2;3H2,1-2H3. The highest BCUT2D eigenvalue weighted by molar-refractivity contribution is 6.21. The largest absolute Gasteiger partial charge is 0.307 e. The Balaban J connectivity index is 0.000000526. The number of imidazole rings is 1. The number of carbonyl (C=O) groups is 2. The molecule has 2 amide bonds. The first-order valence-electron chi connectivity index (χ1n) is 8.03. The van der Waals surface area contributed by atoms with Gasteiger partial charge in [0.25, 0.3) is 11.8 Å². The fraction of sp³-hybridized carbons (Fsp3) is 0.211. The van der Waals surface area contributed by atoms with E-state index in [-0.39, 0.29) is 18.4 Å². The summed E-state index contributed by atoms with van der Waals surface area (Å²) >= 11 is 0. The summed E-state index contributed by atoms with van der Waals surface area (Å²) in [5.74, 6) is -0.514. The molecule has 2 aromatic heterocycles. The van der Waals surface area contributed by atoms with Crippen LogP contribution in [-0.4, -0.2) is 26.1 Å². The van der Waals surface area contributed by atoms with E-state index in [1.54, 1.807) is 24.3 Å². The number of amides is 2. The van der Waals surface area contributed by atoms with Crippen molar-refractivity contribution in [1.82, 2.24) is 14.3 Å². The third-order valence-electron chi connectivity index (χ3n) is 3.61. The predicted octanol–water partition coefficient (Wildman–Crippen LogP) is 3.55. The van der Waals surface area contributed by atoms with Gasteiger partial charge in [-0.25, -0.2) is 4.98 Å². The van der Waals surface area contributed by atoms with Crippen molar-refractivity contribution in [1.29, 1.82) is 0 Å². The van der Waals surface area contributed by atoms with E-state index in [4.69, 9.17) is 0 Å². The van der Waals surface area contributed by atoms with Gasteiger partial charge in [0, 0.05) is 12.4 Å². The molecule has 24 heavy (non-hydrogen) atoms. The maximum absolute atomic E-state index is 12.3. The summed E-state index contributed by atoms with van der Waals surface area (Å²) in [5.41, 5.74) is 2.41. The van der Waals surface area contributed by atoms with E-state index in [1.165, 1.54) is 11.3 Å². The third-order valence-corrected chi connectivity index (χ3v) is 3.61. The Kier molecular flexibility index (Phi) is 4.42. The first-order valence-corrected chi connectivity index (χ1v) is 8.03. The van der Waals surface area contributed by atoms with Gasteiger partial charge in [-0.2, -0.15) is 0 Å². The Morgan fingerprint density at radius 3 is 2.08 bits per heavy atom. The maximum atomic E-state index is 12.3. The minimum absolute atomic E-state index is 0.189. The first kappa shape index (κ1) is 15.9. The van der Waals surface area contributed by atoms with Crippen LogP contribution in [-0.2, 0) is 6.54 Å². The van der Waals surface area contributed by atoms with Crippen LogP contribution in [0.15, 0.2) is 54.9 Å². The molecule has 0 fully saturated rings. The second kappa shape index (κ2) is 6.66. The van der Waals surface area contributed by atoms with E-state index < -0.39 is 0 Å². The Bertz CT molecular complexity index is 830. The van der Waals surface area contributed by atoms with Crippen LogP contribution in [0.5, 0.6) is 0 Å². The number of benzene rings is 1. The quantitative estimate of drug-likeness (QED) is 0.678. The van der Waals surface area contributed by atoms with Gasteiger partial charge in [-0.15, -0.1) is 0 Å². The second-order valence-corrected chi connectivity index (χ2v) is 5.65. The average molecular weight is 321 g/mol. The molecule has 0 saturated heterocycles. The van der Waals surface area contributed by atoms with Crippen molar-refractivity contribution in [2.45, 2.75) is 26.8 Å². The van der Waals surface area contributed by atoms with Gasteiger partial charge in [0.05, 0.1) is 23.4 Å². The van der Waals surface area contributed by atoms with Crippen LogP contribution in [0.25, 0.3) is 5.65 Å². The Morgan fingerprint density at radius 2 is 1.50 bits per heavy atom. The lowest BCUT2D eigenvalue weighted by atomic mass is 10.1. The summed E-state index contributed by atoms with van der Waals surface area (Å²) in [7, 11) is 0. The first-order chi connectivity index (χ1) is 11.7. The Morgan fingerprint density at radius 1 is 0.917 bits per heavy atom. The molecular weight excluding hydrogens is 302 g/mol. The van der Waals surface area contributed by atoms with Crippen molar-refractivity contribution in [3.05, 3.63) is 71.7 Å². The molecule has 0 bridgehead atoms. The van der Waals surface area contributed by atoms with Crippen LogP contribution in [0.3, 0.4) is 0 Å². The number of hydrogen-bond acceptors (Lipinski definition) is 3. The van der Waals surface area contributed by atoms with Crippen LogP contribution < -0.4 is 0 Å². The molecule has 0 aliphatic carbocycles. The van der Waals surface area contributed by atoms with Gasteiger partial charge >= 0.3 is 0 Å². The molecule has 0 N–H and O–H groups in total. The van der Waals surface area contributed by atoms with Gasteiger partial charge < -0.3 is 4.40 Å². The number of pyridine rings is 1. The molecule has 1 aliphatic rings. The maximum Gasteiger partial charge on any atom is 0.261 e. The minimum atomic E-state index is -0.257. The van der Waals surface area contributed by atoms with Crippen molar-refractivity contribution in [2.24, 2.45) is 0 Å². The highest BCUT2D eigenvalue weighted by Crippen LogP contribution is 2.24. The van der Waals surface area contributed by atoms with Gasteiger partial charge in [-0.1, -0.05) is 38.5 Å². The van der Waals surface area contributed by atoms with E-state index in [9.17, 15) is 9.59 Å². The lowest BCUT2D eigenvalue weighted by molar-refractivity contribution is 0.0640. The van der Waals surface area contributed by atoms with Crippen LogP contribution in [0.1, 0.15) is 46.7 Å². The zero-order valence-corrected chi connectivity index (χ0v) is 13.8. The second-order valence-electron chi connectivity index (χ2n) is 5.65. The number of imide groups is 1. The smallest absolute Gasteiger partial charge is 0.261 e. The molecule has 5 heteroatoms. The van der Waals surface area contributed by atoms with Crippen molar-refractivity contribution in [2.75, 3.05) is 0 Å². The van der Waals surface area contributed by atoms with E-state index in [1.807, 2.05) is 35.0 Å². The number of carbonyl (C=O) groups excluding carboxylic acids is 2. The van der Waals surface area contributed by atoms with Crippen molar-refractivity contribution in [3.63, 3.8) is 0 Å². The van der Waals surface area contributed by atoms with Crippen molar-refractivity contribution in [3.8, 4) is 0 Å². The molecule has 3 heterocycles. The Labute approximate surface area is 140 Å². The van der Waals surface area contributed by atoms with Crippen LogP contribution in [0.4, 0.5) is 0 Å². The summed E-state index contributed by atoms with van der Waals surface area (Å²) in [4.78, 5) is 30.3. The summed E-state index contributed by atoms with van der Waals surface area (Å²) in [6.07, 6.45) is 4.97. The molecule has 0 saturated carbocycles. The lowest BCUT2D eigenvalue weighted by Gasteiger charge is -2.11. The summed E-state index contributed by atoms with van der Waals surface area (Å²) < 4.78 is 1.87. The molecule has 1 aromatic carbocycles. The topological polar surface area (TPSA) is 54.7 Å². The highest BCUT2D eigenvalue weighted by Gasteiger charge is 2.35. The molecular formula is C19H19N3O2. The van der Waals surface area contributed by atoms with Crippen LogP contribution in [0.2, 0.25) is 0 Å².